The number of nitrogens with zero attached hydrogens (tertiary/aromatic N) is 2. The summed E-state index contributed by atoms with van der Waals surface area (Å²) in [5, 5.41) is 4.17. The van der Waals surface area contributed by atoms with Gasteiger partial charge in [-0.3, -0.25) is 16.0 Å². The fourth-order valence-corrected chi connectivity index (χ4v) is 2.43. The number of aryl methyl sites for hydroxylation is 1. The van der Waals surface area contributed by atoms with Crippen LogP contribution in [0.5, 0.6) is 0 Å². The maximum Gasteiger partial charge on any atom is 0.0629 e. The van der Waals surface area contributed by atoms with Crippen molar-refractivity contribution in [3.05, 3.63) is 18.0 Å². The minimum atomic E-state index is 0.160. The van der Waals surface area contributed by atoms with Crippen molar-refractivity contribution in [2.24, 2.45) is 12.9 Å². The van der Waals surface area contributed by atoms with Gasteiger partial charge in [-0.1, -0.05) is 0 Å². The van der Waals surface area contributed by atoms with Gasteiger partial charge in [0.2, 0.25) is 0 Å². The van der Waals surface area contributed by atoms with E-state index in [1.165, 1.54) is 19.3 Å². The molecule has 5 nitrogen and oxygen atoms in total. The molecule has 0 aromatic carbocycles. The summed E-state index contributed by atoms with van der Waals surface area (Å²) in [6.07, 6.45) is 7.93. The SMILES string of the molecule is Cn1nccc1C(CCC1CCCCO1)NN. The first-order chi connectivity index (χ1) is 8.31. The monoisotopic (exact) mass is 238 g/mol. The molecule has 0 radical (unpaired) electrons. The molecule has 0 bridgehead atoms. The third-order valence-electron chi connectivity index (χ3n) is 3.47. The Morgan fingerprint density at radius 1 is 1.65 bits per heavy atom. The van der Waals surface area contributed by atoms with E-state index in [2.05, 4.69) is 10.5 Å². The minimum Gasteiger partial charge on any atom is -0.378 e. The summed E-state index contributed by atoms with van der Waals surface area (Å²) < 4.78 is 7.60. The van der Waals surface area contributed by atoms with Gasteiger partial charge in [-0.25, -0.2) is 0 Å². The molecule has 1 fully saturated rings. The predicted octanol–water partition coefficient (Wildman–Crippen LogP) is 1.27. The Labute approximate surface area is 102 Å². The highest BCUT2D eigenvalue weighted by molar-refractivity contribution is 5.06. The maximum atomic E-state index is 5.73. The molecule has 96 valence electrons. The Morgan fingerprint density at radius 3 is 3.12 bits per heavy atom. The number of rotatable bonds is 5. The van der Waals surface area contributed by atoms with Crippen LogP contribution in [-0.2, 0) is 11.8 Å². The molecule has 5 heteroatoms. The van der Waals surface area contributed by atoms with Crippen LogP contribution in [0.4, 0.5) is 0 Å². The third-order valence-corrected chi connectivity index (χ3v) is 3.47. The Bertz CT molecular complexity index is 333. The van der Waals surface area contributed by atoms with Crippen molar-refractivity contribution in [2.45, 2.75) is 44.2 Å². The van der Waals surface area contributed by atoms with Crippen molar-refractivity contribution in [3.8, 4) is 0 Å². The highest BCUT2D eigenvalue weighted by Gasteiger charge is 2.18. The summed E-state index contributed by atoms with van der Waals surface area (Å²) >= 11 is 0. The number of aromatic nitrogens is 2. The highest BCUT2D eigenvalue weighted by Crippen LogP contribution is 2.22. The van der Waals surface area contributed by atoms with Crippen LogP contribution in [0.15, 0.2) is 12.3 Å². The van der Waals surface area contributed by atoms with Gasteiger partial charge in [0.15, 0.2) is 0 Å². The molecule has 2 atom stereocenters. The van der Waals surface area contributed by atoms with Crippen LogP contribution in [0, 0.1) is 0 Å². The molecule has 2 rings (SSSR count). The summed E-state index contributed by atoms with van der Waals surface area (Å²) in [7, 11) is 1.94. The van der Waals surface area contributed by atoms with Gasteiger partial charge in [0.1, 0.15) is 0 Å². The second-order valence-electron chi connectivity index (χ2n) is 4.66. The van der Waals surface area contributed by atoms with E-state index in [4.69, 9.17) is 10.6 Å². The van der Waals surface area contributed by atoms with E-state index in [1.807, 2.05) is 17.8 Å². The first kappa shape index (κ1) is 12.5. The van der Waals surface area contributed by atoms with Crippen molar-refractivity contribution < 1.29 is 4.74 Å². The van der Waals surface area contributed by atoms with Crippen LogP contribution < -0.4 is 11.3 Å². The fourth-order valence-electron chi connectivity index (χ4n) is 2.43. The lowest BCUT2D eigenvalue weighted by Crippen LogP contribution is -2.31. The first-order valence-electron chi connectivity index (χ1n) is 6.37. The topological polar surface area (TPSA) is 65.1 Å². The van der Waals surface area contributed by atoms with Crippen molar-refractivity contribution >= 4 is 0 Å². The zero-order chi connectivity index (χ0) is 12.1. The standard InChI is InChI=1S/C12H22N4O/c1-16-12(7-8-14-16)11(15-13)6-5-10-4-2-3-9-17-10/h7-8,10-11,15H,2-6,9,13H2,1H3. The molecule has 0 saturated carbocycles. The van der Waals surface area contributed by atoms with E-state index >= 15 is 0 Å². The average molecular weight is 238 g/mol. The van der Waals surface area contributed by atoms with Gasteiger partial charge in [0.25, 0.3) is 0 Å². The zero-order valence-electron chi connectivity index (χ0n) is 10.4. The van der Waals surface area contributed by atoms with Crippen molar-refractivity contribution in [3.63, 3.8) is 0 Å². The van der Waals surface area contributed by atoms with E-state index in [0.29, 0.717) is 6.10 Å². The van der Waals surface area contributed by atoms with Crippen LogP contribution in [0.2, 0.25) is 0 Å². The summed E-state index contributed by atoms with van der Waals surface area (Å²) in [4.78, 5) is 0. The first-order valence-corrected chi connectivity index (χ1v) is 6.37. The van der Waals surface area contributed by atoms with Gasteiger partial charge in [-0.2, -0.15) is 5.10 Å². The predicted molar refractivity (Wildman–Crippen MR) is 66.1 cm³/mol. The van der Waals surface area contributed by atoms with Gasteiger partial charge < -0.3 is 4.74 Å². The molecule has 1 aromatic rings. The third kappa shape index (κ3) is 3.28. The molecular weight excluding hydrogens is 216 g/mol. The van der Waals surface area contributed by atoms with E-state index in [-0.39, 0.29) is 6.04 Å². The molecule has 2 heterocycles. The number of nitrogens with one attached hydrogen (secondary N) is 1. The molecule has 1 aromatic heterocycles. The van der Waals surface area contributed by atoms with E-state index in [1.54, 1.807) is 6.20 Å². The molecule has 1 saturated heterocycles. The average Bonchev–Trinajstić information content (AvgIpc) is 2.78. The smallest absolute Gasteiger partial charge is 0.0629 e. The lowest BCUT2D eigenvalue weighted by atomic mass is 10.0. The van der Waals surface area contributed by atoms with Crippen LogP contribution in [0.3, 0.4) is 0 Å². The fraction of sp³-hybridized carbons (Fsp3) is 0.750. The molecule has 0 aliphatic carbocycles. The van der Waals surface area contributed by atoms with Crippen LogP contribution in [0.25, 0.3) is 0 Å². The number of hydrazine groups is 1. The summed E-state index contributed by atoms with van der Waals surface area (Å²) in [5.41, 5.74) is 4.00. The lowest BCUT2D eigenvalue weighted by Gasteiger charge is -2.24. The van der Waals surface area contributed by atoms with Gasteiger partial charge in [0.05, 0.1) is 17.8 Å². The minimum absolute atomic E-state index is 0.160. The Hall–Kier alpha value is -0.910. The number of nitrogens with two attached hydrogens (primary N) is 1. The summed E-state index contributed by atoms with van der Waals surface area (Å²) in [6.45, 7) is 0.914. The molecule has 17 heavy (non-hydrogen) atoms. The van der Waals surface area contributed by atoms with Gasteiger partial charge in [-0.05, 0) is 38.2 Å². The number of hydrogen-bond donors (Lipinski definition) is 2. The number of hydrogen-bond acceptors (Lipinski definition) is 4. The molecule has 0 amide bonds. The van der Waals surface area contributed by atoms with Crippen molar-refractivity contribution in [1.82, 2.24) is 15.2 Å². The molecule has 1 aliphatic rings. The van der Waals surface area contributed by atoms with E-state index < -0.39 is 0 Å². The Morgan fingerprint density at radius 2 is 2.53 bits per heavy atom. The van der Waals surface area contributed by atoms with Crippen LogP contribution in [-0.4, -0.2) is 22.5 Å². The maximum absolute atomic E-state index is 5.73. The Kier molecular flexibility index (Phi) is 4.53. The lowest BCUT2D eigenvalue weighted by molar-refractivity contribution is 0.00842. The normalized spacial score (nSPS) is 22.6. The summed E-state index contributed by atoms with van der Waals surface area (Å²) in [6, 6.07) is 2.17. The van der Waals surface area contributed by atoms with Crippen LogP contribution in [0.1, 0.15) is 43.8 Å². The highest BCUT2D eigenvalue weighted by atomic mass is 16.5. The van der Waals surface area contributed by atoms with Gasteiger partial charge >= 0.3 is 0 Å². The molecule has 1 aliphatic heterocycles. The zero-order valence-corrected chi connectivity index (χ0v) is 10.4. The molecule has 2 unspecified atom stereocenters. The molecule has 0 spiro atoms. The van der Waals surface area contributed by atoms with E-state index in [9.17, 15) is 0 Å². The van der Waals surface area contributed by atoms with Crippen molar-refractivity contribution in [1.29, 1.82) is 0 Å². The number of ether oxygens (including phenoxy) is 1. The Balaban J connectivity index is 1.85. The van der Waals surface area contributed by atoms with Gasteiger partial charge in [0, 0.05) is 19.9 Å². The second-order valence-corrected chi connectivity index (χ2v) is 4.66. The largest absolute Gasteiger partial charge is 0.378 e. The van der Waals surface area contributed by atoms with E-state index in [0.717, 1.165) is 25.1 Å². The quantitative estimate of drug-likeness (QED) is 0.599. The second kappa shape index (κ2) is 6.14. The van der Waals surface area contributed by atoms with Gasteiger partial charge in [-0.15, -0.1) is 0 Å². The summed E-state index contributed by atoms with van der Waals surface area (Å²) in [5.74, 6) is 5.62. The van der Waals surface area contributed by atoms with Crippen molar-refractivity contribution in [2.75, 3.05) is 6.61 Å². The molecule has 3 N–H and O–H groups in total. The molecular formula is C12H22N4O. The van der Waals surface area contributed by atoms with Crippen LogP contribution >= 0.6 is 0 Å².